The molecule has 0 bridgehead atoms. The van der Waals surface area contributed by atoms with E-state index < -0.39 is 0 Å². The first-order valence-electron chi connectivity index (χ1n) is 6.33. The molecule has 2 aromatic rings. The van der Waals surface area contributed by atoms with Crippen molar-refractivity contribution < 1.29 is 5.11 Å². The molecule has 0 heterocycles. The van der Waals surface area contributed by atoms with Gasteiger partial charge >= 0.3 is 0 Å². The van der Waals surface area contributed by atoms with Crippen LogP contribution in [0.3, 0.4) is 0 Å². The molecule has 2 nitrogen and oxygen atoms in total. The second-order valence-electron chi connectivity index (χ2n) is 4.33. The van der Waals surface area contributed by atoms with Crippen LogP contribution in [-0.2, 0) is 6.42 Å². The zero-order chi connectivity index (χ0) is 12.6. The third kappa shape index (κ3) is 3.69. The predicted octanol–water partition coefficient (Wildman–Crippen LogP) is 2.55. The molecule has 94 valence electrons. The van der Waals surface area contributed by atoms with Crippen LogP contribution < -0.4 is 5.32 Å². The summed E-state index contributed by atoms with van der Waals surface area (Å²) in [6.07, 6.45) is 0.935. The highest BCUT2D eigenvalue weighted by atomic mass is 16.3. The second-order valence-corrected chi connectivity index (χ2v) is 4.33. The lowest BCUT2D eigenvalue weighted by Crippen LogP contribution is -2.26. The van der Waals surface area contributed by atoms with E-state index in [0.717, 1.165) is 6.42 Å². The number of hydrogen-bond acceptors (Lipinski definition) is 2. The number of rotatable bonds is 6. The molecular weight excluding hydrogens is 222 g/mol. The van der Waals surface area contributed by atoms with Crippen molar-refractivity contribution in [3.63, 3.8) is 0 Å². The molecule has 0 aliphatic rings. The zero-order valence-electron chi connectivity index (χ0n) is 10.4. The third-order valence-corrected chi connectivity index (χ3v) is 2.99. The molecule has 0 aliphatic heterocycles. The van der Waals surface area contributed by atoms with E-state index in [0.29, 0.717) is 6.54 Å². The second kappa shape index (κ2) is 6.94. The van der Waals surface area contributed by atoms with E-state index in [1.807, 2.05) is 24.3 Å². The van der Waals surface area contributed by atoms with Crippen LogP contribution in [0.5, 0.6) is 0 Å². The monoisotopic (exact) mass is 241 g/mol. The van der Waals surface area contributed by atoms with Crippen LogP contribution in [0.15, 0.2) is 60.7 Å². The SMILES string of the molecule is OCCN[C@@H](Cc1ccccc1)c1ccccc1. The fourth-order valence-corrected chi connectivity index (χ4v) is 2.08. The highest BCUT2D eigenvalue weighted by Crippen LogP contribution is 2.17. The van der Waals surface area contributed by atoms with Crippen molar-refractivity contribution in [2.75, 3.05) is 13.2 Å². The van der Waals surface area contributed by atoms with Crippen molar-refractivity contribution in [3.8, 4) is 0 Å². The van der Waals surface area contributed by atoms with E-state index in [4.69, 9.17) is 5.11 Å². The summed E-state index contributed by atoms with van der Waals surface area (Å²) in [4.78, 5) is 0. The summed E-state index contributed by atoms with van der Waals surface area (Å²) < 4.78 is 0. The van der Waals surface area contributed by atoms with Crippen LogP contribution in [0.25, 0.3) is 0 Å². The number of hydrogen-bond donors (Lipinski definition) is 2. The van der Waals surface area contributed by atoms with Gasteiger partial charge in [0.25, 0.3) is 0 Å². The van der Waals surface area contributed by atoms with Crippen molar-refractivity contribution in [1.29, 1.82) is 0 Å². The maximum Gasteiger partial charge on any atom is 0.0556 e. The van der Waals surface area contributed by atoms with Crippen LogP contribution in [-0.4, -0.2) is 18.3 Å². The molecule has 0 aromatic heterocycles. The van der Waals surface area contributed by atoms with Gasteiger partial charge in [0.15, 0.2) is 0 Å². The van der Waals surface area contributed by atoms with Gasteiger partial charge in [0.2, 0.25) is 0 Å². The van der Waals surface area contributed by atoms with Crippen LogP contribution in [0.1, 0.15) is 17.2 Å². The van der Waals surface area contributed by atoms with Gasteiger partial charge in [-0.25, -0.2) is 0 Å². The van der Waals surface area contributed by atoms with E-state index >= 15 is 0 Å². The van der Waals surface area contributed by atoms with E-state index in [-0.39, 0.29) is 12.6 Å². The van der Waals surface area contributed by atoms with Gasteiger partial charge < -0.3 is 10.4 Å². The van der Waals surface area contributed by atoms with Gasteiger partial charge in [-0.2, -0.15) is 0 Å². The maximum atomic E-state index is 8.97. The van der Waals surface area contributed by atoms with Gasteiger partial charge in [0.1, 0.15) is 0 Å². The molecule has 2 N–H and O–H groups in total. The molecule has 0 amide bonds. The van der Waals surface area contributed by atoms with Gasteiger partial charge in [0, 0.05) is 12.6 Å². The minimum absolute atomic E-state index is 0.165. The van der Waals surface area contributed by atoms with Gasteiger partial charge in [-0.15, -0.1) is 0 Å². The summed E-state index contributed by atoms with van der Waals surface area (Å²) in [7, 11) is 0. The molecule has 0 saturated heterocycles. The van der Waals surface area contributed by atoms with E-state index in [2.05, 4.69) is 41.7 Å². The smallest absolute Gasteiger partial charge is 0.0556 e. The Labute approximate surface area is 108 Å². The number of aliphatic hydroxyl groups is 1. The lowest BCUT2D eigenvalue weighted by Gasteiger charge is -2.19. The van der Waals surface area contributed by atoms with Crippen LogP contribution in [0.2, 0.25) is 0 Å². The molecule has 2 aromatic carbocycles. The predicted molar refractivity (Wildman–Crippen MR) is 74.4 cm³/mol. The van der Waals surface area contributed by atoms with Crippen molar-refractivity contribution >= 4 is 0 Å². The first-order valence-corrected chi connectivity index (χ1v) is 6.33. The van der Waals surface area contributed by atoms with Crippen molar-refractivity contribution in [2.24, 2.45) is 0 Å². The minimum Gasteiger partial charge on any atom is -0.395 e. The molecule has 0 radical (unpaired) electrons. The molecule has 0 unspecified atom stereocenters. The molecule has 1 atom stereocenters. The third-order valence-electron chi connectivity index (χ3n) is 2.99. The quantitative estimate of drug-likeness (QED) is 0.814. The average molecular weight is 241 g/mol. The topological polar surface area (TPSA) is 32.3 Å². The molecular formula is C16H19NO. The summed E-state index contributed by atoms with van der Waals surface area (Å²) in [5.74, 6) is 0. The Hall–Kier alpha value is -1.64. The zero-order valence-corrected chi connectivity index (χ0v) is 10.4. The largest absolute Gasteiger partial charge is 0.395 e. The lowest BCUT2D eigenvalue weighted by molar-refractivity contribution is 0.284. The lowest BCUT2D eigenvalue weighted by atomic mass is 9.99. The summed E-state index contributed by atoms with van der Waals surface area (Å²) in [5, 5.41) is 12.3. The van der Waals surface area contributed by atoms with Gasteiger partial charge in [-0.1, -0.05) is 60.7 Å². The highest BCUT2D eigenvalue weighted by molar-refractivity contribution is 5.23. The Kier molecular flexibility index (Phi) is 4.94. The van der Waals surface area contributed by atoms with Crippen molar-refractivity contribution in [2.45, 2.75) is 12.5 Å². The summed E-state index contributed by atoms with van der Waals surface area (Å²) in [6, 6.07) is 21.0. The minimum atomic E-state index is 0.165. The Morgan fingerprint density at radius 3 is 2.11 bits per heavy atom. The Bertz CT molecular complexity index is 441. The maximum absolute atomic E-state index is 8.97. The molecule has 2 rings (SSSR count). The number of aliphatic hydroxyl groups excluding tert-OH is 1. The van der Waals surface area contributed by atoms with E-state index in [1.54, 1.807) is 0 Å². The van der Waals surface area contributed by atoms with Crippen LogP contribution in [0, 0.1) is 0 Å². The van der Waals surface area contributed by atoms with Gasteiger partial charge in [-0.3, -0.25) is 0 Å². The van der Waals surface area contributed by atoms with E-state index in [9.17, 15) is 0 Å². The first kappa shape index (κ1) is 12.8. The molecule has 0 saturated carbocycles. The molecule has 2 heteroatoms. The number of benzene rings is 2. The highest BCUT2D eigenvalue weighted by Gasteiger charge is 2.10. The van der Waals surface area contributed by atoms with Gasteiger partial charge in [-0.05, 0) is 17.5 Å². The molecule has 0 fully saturated rings. The molecule has 0 spiro atoms. The fraction of sp³-hybridized carbons (Fsp3) is 0.250. The van der Waals surface area contributed by atoms with Gasteiger partial charge in [0.05, 0.1) is 6.61 Å². The fourth-order valence-electron chi connectivity index (χ4n) is 2.08. The van der Waals surface area contributed by atoms with Crippen LogP contribution in [0.4, 0.5) is 0 Å². The standard InChI is InChI=1S/C16H19NO/c18-12-11-17-16(15-9-5-2-6-10-15)13-14-7-3-1-4-8-14/h1-10,16-18H,11-13H2/t16-/m0/s1. The first-order chi connectivity index (χ1) is 8.90. The van der Waals surface area contributed by atoms with Crippen LogP contribution >= 0.6 is 0 Å². The van der Waals surface area contributed by atoms with Crippen molar-refractivity contribution in [3.05, 3.63) is 71.8 Å². The molecule has 18 heavy (non-hydrogen) atoms. The average Bonchev–Trinajstić information content (AvgIpc) is 2.45. The summed E-state index contributed by atoms with van der Waals surface area (Å²) >= 11 is 0. The molecule has 0 aliphatic carbocycles. The normalized spacial score (nSPS) is 12.3. The Morgan fingerprint density at radius 1 is 0.889 bits per heavy atom. The van der Waals surface area contributed by atoms with E-state index in [1.165, 1.54) is 11.1 Å². The number of nitrogens with one attached hydrogen (secondary N) is 1. The van der Waals surface area contributed by atoms with Crippen molar-refractivity contribution in [1.82, 2.24) is 5.32 Å². The Balaban J connectivity index is 2.10. The Morgan fingerprint density at radius 2 is 1.50 bits per heavy atom. The summed E-state index contributed by atoms with van der Waals surface area (Å²) in [5.41, 5.74) is 2.56. The summed E-state index contributed by atoms with van der Waals surface area (Å²) in [6.45, 7) is 0.782.